The molecule has 0 N–H and O–H groups in total. The maximum Gasteiger partial charge on any atom is 0.155 e. The van der Waals surface area contributed by atoms with Gasteiger partial charge in [0.1, 0.15) is 5.82 Å². The number of aryl methyl sites for hydroxylation is 2. The average molecular weight is 260 g/mol. The van der Waals surface area contributed by atoms with Crippen LogP contribution in [0.3, 0.4) is 0 Å². The Labute approximate surface area is 115 Å². The third-order valence-electron chi connectivity index (χ3n) is 4.80. The van der Waals surface area contributed by atoms with E-state index in [0.717, 1.165) is 31.5 Å². The molecular weight excluding hydrogens is 236 g/mol. The molecule has 0 spiro atoms. The molecule has 1 heterocycles. The zero-order chi connectivity index (χ0) is 13.2. The minimum absolute atomic E-state index is 0.315. The first-order chi connectivity index (χ1) is 9.25. The molecule has 1 fully saturated rings. The molecule has 0 saturated heterocycles. The SMILES string of the molecule is Cc1nc2c(n1CC(=O)C1CCCCC1)CCCC2. The molecule has 104 valence electrons. The highest BCUT2D eigenvalue weighted by molar-refractivity contribution is 5.81. The van der Waals surface area contributed by atoms with E-state index in [1.54, 1.807) is 0 Å². The van der Waals surface area contributed by atoms with E-state index in [9.17, 15) is 4.79 Å². The summed E-state index contributed by atoms with van der Waals surface area (Å²) < 4.78 is 2.20. The Morgan fingerprint density at radius 1 is 1.16 bits per heavy atom. The maximum atomic E-state index is 12.5. The number of fused-ring (bicyclic) bond motifs is 1. The molecule has 2 aliphatic rings. The van der Waals surface area contributed by atoms with Crippen LogP contribution in [0.4, 0.5) is 0 Å². The quantitative estimate of drug-likeness (QED) is 0.836. The van der Waals surface area contributed by atoms with Crippen molar-refractivity contribution in [3.63, 3.8) is 0 Å². The van der Waals surface area contributed by atoms with Gasteiger partial charge in [0.2, 0.25) is 0 Å². The summed E-state index contributed by atoms with van der Waals surface area (Å²) in [6, 6.07) is 0. The smallest absolute Gasteiger partial charge is 0.155 e. The van der Waals surface area contributed by atoms with E-state index in [4.69, 9.17) is 0 Å². The van der Waals surface area contributed by atoms with E-state index in [1.807, 2.05) is 6.92 Å². The summed E-state index contributed by atoms with van der Waals surface area (Å²) in [7, 11) is 0. The minimum Gasteiger partial charge on any atom is -0.325 e. The van der Waals surface area contributed by atoms with Crippen molar-refractivity contribution < 1.29 is 4.79 Å². The van der Waals surface area contributed by atoms with Gasteiger partial charge in [-0.15, -0.1) is 0 Å². The van der Waals surface area contributed by atoms with Gasteiger partial charge in [0, 0.05) is 11.6 Å². The standard InChI is InChI=1S/C16H24N2O/c1-12-17-14-9-5-6-10-15(14)18(12)11-16(19)13-7-3-2-4-8-13/h13H,2-11H2,1H3. The number of aromatic nitrogens is 2. The normalized spacial score (nSPS) is 20.3. The predicted molar refractivity (Wildman–Crippen MR) is 75.2 cm³/mol. The number of Topliss-reactive ketones (excluding diaryl/α,β-unsaturated/α-hetero) is 1. The fourth-order valence-corrected chi connectivity index (χ4v) is 3.65. The minimum atomic E-state index is 0.315. The van der Waals surface area contributed by atoms with Crippen LogP contribution in [-0.4, -0.2) is 15.3 Å². The molecule has 0 radical (unpaired) electrons. The van der Waals surface area contributed by atoms with Crippen LogP contribution < -0.4 is 0 Å². The van der Waals surface area contributed by atoms with E-state index < -0.39 is 0 Å². The van der Waals surface area contributed by atoms with Crippen LogP contribution in [0, 0.1) is 12.8 Å². The van der Waals surface area contributed by atoms with E-state index in [0.29, 0.717) is 18.2 Å². The van der Waals surface area contributed by atoms with E-state index in [-0.39, 0.29) is 0 Å². The number of carbonyl (C=O) groups excluding carboxylic acids is 1. The maximum absolute atomic E-state index is 12.5. The molecule has 19 heavy (non-hydrogen) atoms. The number of carbonyl (C=O) groups is 1. The number of ketones is 1. The molecule has 1 saturated carbocycles. The second-order valence-corrected chi connectivity index (χ2v) is 6.15. The van der Waals surface area contributed by atoms with Crippen LogP contribution in [-0.2, 0) is 24.2 Å². The van der Waals surface area contributed by atoms with Crippen LogP contribution >= 0.6 is 0 Å². The Morgan fingerprint density at radius 2 is 1.89 bits per heavy atom. The van der Waals surface area contributed by atoms with Crippen molar-refractivity contribution in [3.8, 4) is 0 Å². The molecule has 0 amide bonds. The molecule has 3 nitrogen and oxygen atoms in total. The van der Waals surface area contributed by atoms with Crippen LogP contribution in [0.15, 0.2) is 0 Å². The van der Waals surface area contributed by atoms with Crippen molar-refractivity contribution in [1.29, 1.82) is 0 Å². The lowest BCUT2D eigenvalue weighted by Crippen LogP contribution is -2.24. The van der Waals surface area contributed by atoms with Gasteiger partial charge in [-0.3, -0.25) is 4.79 Å². The molecule has 0 atom stereocenters. The van der Waals surface area contributed by atoms with Gasteiger partial charge in [-0.05, 0) is 45.4 Å². The summed E-state index contributed by atoms with van der Waals surface area (Å²) >= 11 is 0. The summed E-state index contributed by atoms with van der Waals surface area (Å²) in [6.07, 6.45) is 10.7. The molecular formula is C16H24N2O. The van der Waals surface area contributed by atoms with Crippen molar-refractivity contribution >= 4 is 5.78 Å². The highest BCUT2D eigenvalue weighted by atomic mass is 16.1. The third kappa shape index (κ3) is 2.60. The monoisotopic (exact) mass is 260 g/mol. The lowest BCUT2D eigenvalue weighted by molar-refractivity contribution is -0.124. The summed E-state index contributed by atoms with van der Waals surface area (Å²) in [5.74, 6) is 1.79. The molecule has 2 aliphatic carbocycles. The Kier molecular flexibility index (Phi) is 3.72. The van der Waals surface area contributed by atoms with Crippen molar-refractivity contribution in [1.82, 2.24) is 9.55 Å². The van der Waals surface area contributed by atoms with Gasteiger partial charge in [0.25, 0.3) is 0 Å². The largest absolute Gasteiger partial charge is 0.325 e. The van der Waals surface area contributed by atoms with Crippen LogP contribution in [0.25, 0.3) is 0 Å². The molecule has 0 unspecified atom stereocenters. The van der Waals surface area contributed by atoms with Gasteiger partial charge < -0.3 is 4.57 Å². The highest BCUT2D eigenvalue weighted by Crippen LogP contribution is 2.27. The summed E-state index contributed by atoms with van der Waals surface area (Å²) in [4.78, 5) is 17.1. The summed E-state index contributed by atoms with van der Waals surface area (Å²) in [6.45, 7) is 2.62. The fraction of sp³-hybridized carbons (Fsp3) is 0.750. The van der Waals surface area contributed by atoms with E-state index in [2.05, 4.69) is 9.55 Å². The topological polar surface area (TPSA) is 34.9 Å². The van der Waals surface area contributed by atoms with Crippen molar-refractivity contribution in [3.05, 3.63) is 17.2 Å². The van der Waals surface area contributed by atoms with Gasteiger partial charge in [-0.25, -0.2) is 4.98 Å². The average Bonchev–Trinajstić information content (AvgIpc) is 2.76. The van der Waals surface area contributed by atoms with Crippen molar-refractivity contribution in [2.45, 2.75) is 71.3 Å². The Bertz CT molecular complexity index is 469. The Balaban J connectivity index is 1.75. The number of nitrogens with zero attached hydrogens (tertiary/aromatic N) is 2. The second-order valence-electron chi connectivity index (χ2n) is 6.15. The van der Waals surface area contributed by atoms with Gasteiger partial charge in [-0.1, -0.05) is 19.3 Å². The Hall–Kier alpha value is -1.12. The van der Waals surface area contributed by atoms with Crippen LogP contribution in [0.1, 0.15) is 62.2 Å². The van der Waals surface area contributed by atoms with Gasteiger partial charge >= 0.3 is 0 Å². The molecule has 3 heteroatoms. The predicted octanol–water partition coefficient (Wildman–Crippen LogP) is 3.22. The number of imidazole rings is 1. The van der Waals surface area contributed by atoms with E-state index in [1.165, 1.54) is 43.5 Å². The third-order valence-corrected chi connectivity index (χ3v) is 4.80. The van der Waals surface area contributed by atoms with Crippen molar-refractivity contribution in [2.75, 3.05) is 0 Å². The second kappa shape index (κ2) is 5.48. The van der Waals surface area contributed by atoms with E-state index >= 15 is 0 Å². The van der Waals surface area contributed by atoms with Crippen LogP contribution in [0.2, 0.25) is 0 Å². The number of rotatable bonds is 3. The molecule has 0 aromatic carbocycles. The lowest BCUT2D eigenvalue weighted by Gasteiger charge is -2.22. The summed E-state index contributed by atoms with van der Waals surface area (Å²) in [5, 5.41) is 0. The number of hydrogen-bond acceptors (Lipinski definition) is 2. The van der Waals surface area contributed by atoms with Gasteiger partial charge in [0.15, 0.2) is 5.78 Å². The Morgan fingerprint density at radius 3 is 2.68 bits per heavy atom. The molecule has 3 rings (SSSR count). The molecule has 1 aromatic heterocycles. The fourth-order valence-electron chi connectivity index (χ4n) is 3.65. The first-order valence-corrected chi connectivity index (χ1v) is 7.83. The molecule has 1 aromatic rings. The van der Waals surface area contributed by atoms with Crippen molar-refractivity contribution in [2.24, 2.45) is 5.92 Å². The molecule has 0 aliphatic heterocycles. The van der Waals surface area contributed by atoms with Crippen LogP contribution in [0.5, 0.6) is 0 Å². The lowest BCUT2D eigenvalue weighted by atomic mass is 9.86. The van der Waals surface area contributed by atoms with Gasteiger partial charge in [0.05, 0.1) is 12.2 Å². The molecule has 0 bridgehead atoms. The summed E-state index contributed by atoms with van der Waals surface area (Å²) in [5.41, 5.74) is 2.59. The number of hydrogen-bond donors (Lipinski definition) is 0. The van der Waals surface area contributed by atoms with Gasteiger partial charge in [-0.2, -0.15) is 0 Å². The zero-order valence-electron chi connectivity index (χ0n) is 12.0. The zero-order valence-corrected chi connectivity index (χ0v) is 12.0. The first kappa shape index (κ1) is 12.9. The highest BCUT2D eigenvalue weighted by Gasteiger charge is 2.24. The first-order valence-electron chi connectivity index (χ1n) is 7.83.